The molecule has 10 heteroatoms. The SMILES string of the molecule is CN(CC(=O)Nc1cccc(F)c1)CC(=O)N1CCN(CC(=O)Nc2ccc(F)cc2)CC1. The molecule has 2 N–H and O–H groups in total. The van der Waals surface area contributed by atoms with Crippen molar-refractivity contribution in [2.45, 2.75) is 0 Å². The molecule has 1 fully saturated rings. The zero-order chi connectivity index (χ0) is 23.8. The number of hydrogen-bond donors (Lipinski definition) is 2. The Labute approximate surface area is 191 Å². The second-order valence-electron chi connectivity index (χ2n) is 7.94. The molecule has 3 amide bonds. The molecule has 0 bridgehead atoms. The number of rotatable bonds is 8. The Morgan fingerprint density at radius 2 is 1.52 bits per heavy atom. The summed E-state index contributed by atoms with van der Waals surface area (Å²) in [5.41, 5.74) is 0.888. The molecule has 1 saturated heterocycles. The van der Waals surface area contributed by atoms with Crippen LogP contribution in [0.15, 0.2) is 48.5 Å². The van der Waals surface area contributed by atoms with E-state index in [0.717, 1.165) is 0 Å². The monoisotopic (exact) mass is 459 g/mol. The molecule has 0 atom stereocenters. The van der Waals surface area contributed by atoms with Gasteiger partial charge in [-0.2, -0.15) is 0 Å². The Hall–Kier alpha value is -3.37. The van der Waals surface area contributed by atoms with Gasteiger partial charge in [0.1, 0.15) is 11.6 Å². The topological polar surface area (TPSA) is 85.0 Å². The quantitative estimate of drug-likeness (QED) is 0.627. The lowest BCUT2D eigenvalue weighted by Gasteiger charge is -2.35. The zero-order valence-electron chi connectivity index (χ0n) is 18.4. The summed E-state index contributed by atoms with van der Waals surface area (Å²) < 4.78 is 26.2. The molecule has 3 rings (SSSR count). The van der Waals surface area contributed by atoms with Crippen molar-refractivity contribution in [3.63, 3.8) is 0 Å². The van der Waals surface area contributed by atoms with Crippen molar-refractivity contribution in [2.75, 3.05) is 63.5 Å². The number of benzene rings is 2. The first-order valence-corrected chi connectivity index (χ1v) is 10.6. The Kier molecular flexibility index (Phi) is 8.45. The predicted molar refractivity (Wildman–Crippen MR) is 121 cm³/mol. The van der Waals surface area contributed by atoms with Crippen LogP contribution in [0.2, 0.25) is 0 Å². The van der Waals surface area contributed by atoms with E-state index in [-0.39, 0.29) is 43.2 Å². The van der Waals surface area contributed by atoms with Crippen LogP contribution in [0.4, 0.5) is 20.2 Å². The zero-order valence-corrected chi connectivity index (χ0v) is 18.4. The highest BCUT2D eigenvalue weighted by Crippen LogP contribution is 2.10. The minimum Gasteiger partial charge on any atom is -0.339 e. The van der Waals surface area contributed by atoms with Crippen LogP contribution >= 0.6 is 0 Å². The van der Waals surface area contributed by atoms with Gasteiger partial charge in [0.05, 0.1) is 19.6 Å². The van der Waals surface area contributed by atoms with Crippen LogP contribution in [0.1, 0.15) is 0 Å². The fourth-order valence-corrected chi connectivity index (χ4v) is 3.49. The van der Waals surface area contributed by atoms with Crippen LogP contribution in [-0.2, 0) is 14.4 Å². The minimum absolute atomic E-state index is 0.00816. The largest absolute Gasteiger partial charge is 0.339 e. The highest BCUT2D eigenvalue weighted by atomic mass is 19.1. The van der Waals surface area contributed by atoms with E-state index in [1.165, 1.54) is 42.5 Å². The lowest BCUT2D eigenvalue weighted by molar-refractivity contribution is -0.134. The average molecular weight is 459 g/mol. The van der Waals surface area contributed by atoms with Crippen LogP contribution < -0.4 is 10.6 Å². The molecule has 0 aliphatic carbocycles. The number of nitrogens with zero attached hydrogens (tertiary/aromatic N) is 3. The molecule has 1 aliphatic heterocycles. The molecule has 1 heterocycles. The van der Waals surface area contributed by atoms with Crippen LogP contribution in [0.25, 0.3) is 0 Å². The molecule has 0 radical (unpaired) electrons. The smallest absolute Gasteiger partial charge is 0.238 e. The highest BCUT2D eigenvalue weighted by Gasteiger charge is 2.23. The molecule has 2 aromatic carbocycles. The first-order chi connectivity index (χ1) is 15.8. The third-order valence-electron chi connectivity index (χ3n) is 5.15. The normalized spacial score (nSPS) is 14.2. The van der Waals surface area contributed by atoms with Crippen LogP contribution in [-0.4, -0.2) is 85.3 Å². The number of halogens is 2. The van der Waals surface area contributed by atoms with Crippen molar-refractivity contribution in [3.05, 3.63) is 60.2 Å². The number of amides is 3. The second-order valence-corrected chi connectivity index (χ2v) is 7.94. The first kappa shape index (κ1) is 24.3. The van der Waals surface area contributed by atoms with E-state index in [1.807, 2.05) is 4.90 Å². The van der Waals surface area contributed by atoms with E-state index in [0.29, 0.717) is 37.6 Å². The van der Waals surface area contributed by atoms with E-state index in [2.05, 4.69) is 10.6 Å². The number of carbonyl (C=O) groups is 3. The van der Waals surface area contributed by atoms with Gasteiger partial charge in [-0.15, -0.1) is 0 Å². The van der Waals surface area contributed by atoms with E-state index >= 15 is 0 Å². The predicted octanol–water partition coefficient (Wildman–Crippen LogP) is 1.62. The number of likely N-dealkylation sites (N-methyl/N-ethyl adjacent to an activating group) is 1. The van der Waals surface area contributed by atoms with E-state index in [1.54, 1.807) is 22.9 Å². The van der Waals surface area contributed by atoms with Crippen molar-refractivity contribution in [3.8, 4) is 0 Å². The van der Waals surface area contributed by atoms with Gasteiger partial charge < -0.3 is 15.5 Å². The summed E-state index contributed by atoms with van der Waals surface area (Å²) in [6.07, 6.45) is 0. The third-order valence-corrected chi connectivity index (χ3v) is 5.15. The Bertz CT molecular complexity index is 978. The van der Waals surface area contributed by atoms with Crippen LogP contribution in [0.5, 0.6) is 0 Å². The summed E-state index contributed by atoms with van der Waals surface area (Å²) in [4.78, 5) is 42.1. The summed E-state index contributed by atoms with van der Waals surface area (Å²) in [6, 6.07) is 11.2. The highest BCUT2D eigenvalue weighted by molar-refractivity contribution is 5.93. The molecule has 0 saturated carbocycles. The van der Waals surface area contributed by atoms with Gasteiger partial charge in [0, 0.05) is 37.6 Å². The molecular formula is C23H27F2N5O3. The van der Waals surface area contributed by atoms with Gasteiger partial charge in [-0.05, 0) is 49.5 Å². The summed E-state index contributed by atoms with van der Waals surface area (Å²) in [5, 5.41) is 5.32. The average Bonchev–Trinajstić information content (AvgIpc) is 2.75. The molecule has 8 nitrogen and oxygen atoms in total. The number of hydrogen-bond acceptors (Lipinski definition) is 5. The standard InChI is InChI=1S/C23H27F2N5O3/c1-28(14-21(31)27-20-4-2-3-18(25)13-20)16-23(33)30-11-9-29(10-12-30)15-22(32)26-19-7-5-17(24)6-8-19/h2-8,13H,9-12,14-16H2,1H3,(H,26,32)(H,27,31). The summed E-state index contributed by atoms with van der Waals surface area (Å²) in [6.45, 7) is 2.30. The van der Waals surface area contributed by atoms with E-state index in [4.69, 9.17) is 0 Å². The van der Waals surface area contributed by atoms with Gasteiger partial charge in [0.2, 0.25) is 17.7 Å². The maximum atomic E-state index is 13.2. The van der Waals surface area contributed by atoms with Crippen LogP contribution in [0, 0.1) is 11.6 Å². The van der Waals surface area contributed by atoms with E-state index < -0.39 is 5.82 Å². The minimum atomic E-state index is -0.441. The summed E-state index contributed by atoms with van der Waals surface area (Å²) in [7, 11) is 1.67. The van der Waals surface area contributed by atoms with Gasteiger partial charge in [-0.25, -0.2) is 8.78 Å². The molecule has 33 heavy (non-hydrogen) atoms. The summed E-state index contributed by atoms with van der Waals surface area (Å²) in [5.74, 6) is -1.46. The number of carbonyl (C=O) groups excluding carboxylic acids is 3. The molecule has 1 aliphatic rings. The fourth-order valence-electron chi connectivity index (χ4n) is 3.49. The Balaban J connectivity index is 1.36. The van der Waals surface area contributed by atoms with Gasteiger partial charge in [0.15, 0.2) is 0 Å². The fraction of sp³-hybridized carbons (Fsp3) is 0.348. The van der Waals surface area contributed by atoms with Gasteiger partial charge in [0.25, 0.3) is 0 Å². The number of nitrogens with one attached hydrogen (secondary N) is 2. The van der Waals surface area contributed by atoms with Crippen molar-refractivity contribution in [1.82, 2.24) is 14.7 Å². The lowest BCUT2D eigenvalue weighted by atomic mass is 10.2. The Morgan fingerprint density at radius 3 is 2.18 bits per heavy atom. The van der Waals surface area contributed by atoms with Gasteiger partial charge in [-0.3, -0.25) is 24.2 Å². The number of anilines is 2. The molecule has 0 aromatic heterocycles. The molecule has 176 valence electrons. The van der Waals surface area contributed by atoms with E-state index in [9.17, 15) is 23.2 Å². The maximum Gasteiger partial charge on any atom is 0.238 e. The third kappa shape index (κ3) is 7.92. The van der Waals surface area contributed by atoms with Gasteiger partial charge in [-0.1, -0.05) is 6.07 Å². The van der Waals surface area contributed by atoms with Crippen molar-refractivity contribution < 1.29 is 23.2 Å². The second kappa shape index (κ2) is 11.5. The van der Waals surface area contributed by atoms with Gasteiger partial charge >= 0.3 is 0 Å². The molecule has 2 aromatic rings. The van der Waals surface area contributed by atoms with Crippen molar-refractivity contribution in [2.24, 2.45) is 0 Å². The van der Waals surface area contributed by atoms with Crippen molar-refractivity contribution >= 4 is 29.1 Å². The maximum absolute atomic E-state index is 13.2. The molecule has 0 spiro atoms. The Morgan fingerprint density at radius 1 is 0.848 bits per heavy atom. The lowest BCUT2D eigenvalue weighted by Crippen LogP contribution is -2.52. The van der Waals surface area contributed by atoms with Crippen molar-refractivity contribution in [1.29, 1.82) is 0 Å². The molecular weight excluding hydrogens is 432 g/mol. The number of piperazine rings is 1. The molecule has 0 unspecified atom stereocenters. The summed E-state index contributed by atoms with van der Waals surface area (Å²) >= 11 is 0. The van der Waals surface area contributed by atoms with Crippen LogP contribution in [0.3, 0.4) is 0 Å². The first-order valence-electron chi connectivity index (χ1n) is 10.6.